The summed E-state index contributed by atoms with van der Waals surface area (Å²) in [7, 11) is 0. The summed E-state index contributed by atoms with van der Waals surface area (Å²) in [6.07, 6.45) is 2.17. The Balaban J connectivity index is 1.55. The molecule has 3 heterocycles. The number of rotatable bonds is 5. The van der Waals surface area contributed by atoms with Crippen LogP contribution in [0.5, 0.6) is 0 Å². The van der Waals surface area contributed by atoms with Gasteiger partial charge in [-0.3, -0.25) is 4.79 Å². The molecule has 8 heteroatoms. The number of hydrogen-bond donors (Lipinski definition) is 0. The van der Waals surface area contributed by atoms with Crippen molar-refractivity contribution in [3.63, 3.8) is 0 Å². The van der Waals surface area contributed by atoms with Crippen molar-refractivity contribution in [2.45, 2.75) is 31.5 Å². The number of hydrogen-bond acceptors (Lipinski definition) is 6. The number of furan rings is 1. The maximum absolute atomic E-state index is 12.9. The maximum atomic E-state index is 12.9. The van der Waals surface area contributed by atoms with Gasteiger partial charge in [-0.05, 0) is 43.7 Å². The molecule has 0 saturated carbocycles. The molecule has 1 aliphatic rings. The summed E-state index contributed by atoms with van der Waals surface area (Å²) in [5.41, 5.74) is 2.58. The lowest BCUT2D eigenvalue weighted by molar-refractivity contribution is -0.130. The summed E-state index contributed by atoms with van der Waals surface area (Å²) < 4.78 is 11.1. The normalized spacial score (nSPS) is 16.5. The number of oxazole rings is 1. The number of benzene rings is 1. The van der Waals surface area contributed by atoms with E-state index in [1.807, 2.05) is 50.2 Å². The highest BCUT2D eigenvalue weighted by molar-refractivity contribution is 7.99. The van der Waals surface area contributed by atoms with Crippen molar-refractivity contribution in [2.75, 3.05) is 5.75 Å². The van der Waals surface area contributed by atoms with Crippen molar-refractivity contribution in [1.82, 2.24) is 9.99 Å². The zero-order chi connectivity index (χ0) is 19.7. The van der Waals surface area contributed by atoms with E-state index in [1.165, 1.54) is 16.8 Å². The average Bonchev–Trinajstić information content (AvgIpc) is 3.41. The highest BCUT2D eigenvalue weighted by Gasteiger charge is 2.34. The van der Waals surface area contributed by atoms with Crippen LogP contribution in [0.1, 0.15) is 35.2 Å². The summed E-state index contributed by atoms with van der Waals surface area (Å²) >= 11 is 7.25. The van der Waals surface area contributed by atoms with E-state index in [9.17, 15) is 4.79 Å². The molecule has 144 valence electrons. The second kappa shape index (κ2) is 7.85. The molecule has 1 aromatic carbocycles. The Morgan fingerprint density at radius 2 is 2.07 bits per heavy atom. The van der Waals surface area contributed by atoms with Gasteiger partial charge in [0.15, 0.2) is 0 Å². The topological polar surface area (TPSA) is 71.8 Å². The van der Waals surface area contributed by atoms with Gasteiger partial charge in [0.2, 0.25) is 0 Å². The van der Waals surface area contributed by atoms with E-state index in [0.717, 1.165) is 22.7 Å². The molecule has 1 aliphatic heterocycles. The van der Waals surface area contributed by atoms with E-state index in [-0.39, 0.29) is 17.7 Å². The van der Waals surface area contributed by atoms with Crippen LogP contribution in [0.15, 0.2) is 61.8 Å². The molecule has 0 saturated heterocycles. The van der Waals surface area contributed by atoms with Crippen LogP contribution in [-0.2, 0) is 4.79 Å². The third-order valence-corrected chi connectivity index (χ3v) is 5.61. The van der Waals surface area contributed by atoms with Gasteiger partial charge in [-0.15, -0.1) is 0 Å². The highest BCUT2D eigenvalue weighted by atomic mass is 35.5. The fourth-order valence-electron chi connectivity index (χ4n) is 2.95. The number of hydrazone groups is 1. The van der Waals surface area contributed by atoms with Gasteiger partial charge in [0.1, 0.15) is 17.6 Å². The molecule has 0 spiro atoms. The smallest absolute Gasteiger partial charge is 0.256 e. The second-order valence-electron chi connectivity index (χ2n) is 6.44. The third kappa shape index (κ3) is 3.86. The van der Waals surface area contributed by atoms with Gasteiger partial charge >= 0.3 is 0 Å². The molecule has 2 aromatic heterocycles. The van der Waals surface area contributed by atoms with E-state index >= 15 is 0 Å². The van der Waals surface area contributed by atoms with Crippen molar-refractivity contribution in [3.05, 3.63) is 70.5 Å². The van der Waals surface area contributed by atoms with Crippen LogP contribution in [-0.4, -0.2) is 27.4 Å². The minimum Gasteiger partial charge on any atom is -0.467 e. The summed E-state index contributed by atoms with van der Waals surface area (Å²) in [5, 5.41) is 7.24. The Hall–Kier alpha value is -2.51. The lowest BCUT2D eigenvalue weighted by atomic mass is 10.0. The molecule has 3 aromatic rings. The summed E-state index contributed by atoms with van der Waals surface area (Å²) in [4.78, 5) is 17.2. The van der Waals surface area contributed by atoms with Gasteiger partial charge in [-0.2, -0.15) is 5.10 Å². The van der Waals surface area contributed by atoms with Crippen LogP contribution >= 0.6 is 23.4 Å². The lowest BCUT2D eigenvalue weighted by Crippen LogP contribution is -2.28. The number of carbonyl (C=O) groups excluding carboxylic acids is 1. The minimum absolute atomic E-state index is 0.135. The maximum Gasteiger partial charge on any atom is 0.256 e. The number of amides is 1. The lowest BCUT2D eigenvalue weighted by Gasteiger charge is -2.19. The molecule has 0 aliphatic carbocycles. The van der Waals surface area contributed by atoms with Crippen molar-refractivity contribution in [3.8, 4) is 0 Å². The van der Waals surface area contributed by atoms with Crippen molar-refractivity contribution in [1.29, 1.82) is 0 Å². The number of nitrogens with zero attached hydrogens (tertiary/aromatic N) is 3. The number of carbonyl (C=O) groups is 1. The van der Waals surface area contributed by atoms with E-state index in [2.05, 4.69) is 10.1 Å². The number of thioether (sulfide) groups is 1. The Morgan fingerprint density at radius 3 is 2.71 bits per heavy atom. The Kier molecular flexibility index (Phi) is 5.28. The van der Waals surface area contributed by atoms with Crippen LogP contribution in [0.4, 0.5) is 0 Å². The third-order valence-electron chi connectivity index (χ3n) is 4.54. The van der Waals surface area contributed by atoms with Gasteiger partial charge in [0.25, 0.3) is 11.1 Å². The zero-order valence-corrected chi connectivity index (χ0v) is 17.0. The van der Waals surface area contributed by atoms with Crippen LogP contribution in [0.3, 0.4) is 0 Å². The first-order valence-electron chi connectivity index (χ1n) is 8.77. The fourth-order valence-corrected chi connectivity index (χ4v) is 3.84. The molecule has 1 unspecified atom stereocenters. The first-order chi connectivity index (χ1) is 13.5. The molecule has 1 amide bonds. The zero-order valence-electron chi connectivity index (χ0n) is 15.4. The van der Waals surface area contributed by atoms with Gasteiger partial charge in [0, 0.05) is 11.4 Å². The van der Waals surface area contributed by atoms with Gasteiger partial charge < -0.3 is 8.83 Å². The van der Waals surface area contributed by atoms with E-state index in [1.54, 1.807) is 6.26 Å². The molecule has 0 fully saturated rings. The van der Waals surface area contributed by atoms with E-state index in [4.69, 9.17) is 20.4 Å². The monoisotopic (exact) mass is 415 g/mol. The van der Waals surface area contributed by atoms with Crippen molar-refractivity contribution >= 4 is 35.0 Å². The SMILES string of the molecule is Cc1nc(SCC(=O)N2N=C(c3ccc(Cl)cc3)CC2c2ccco2)oc1C. The van der Waals surface area contributed by atoms with E-state index in [0.29, 0.717) is 22.4 Å². The Morgan fingerprint density at radius 1 is 1.29 bits per heavy atom. The van der Waals surface area contributed by atoms with Crippen molar-refractivity contribution < 1.29 is 13.6 Å². The Labute approximate surface area is 171 Å². The minimum atomic E-state index is -0.276. The predicted molar refractivity (Wildman–Crippen MR) is 108 cm³/mol. The molecule has 0 bridgehead atoms. The molecule has 1 atom stereocenters. The summed E-state index contributed by atoms with van der Waals surface area (Å²) in [6.45, 7) is 3.73. The summed E-state index contributed by atoms with van der Waals surface area (Å²) in [6, 6.07) is 10.8. The van der Waals surface area contributed by atoms with Crippen molar-refractivity contribution in [2.24, 2.45) is 5.10 Å². The van der Waals surface area contributed by atoms with Crippen LogP contribution in [0.2, 0.25) is 5.02 Å². The Bertz CT molecular complexity index is 993. The fraction of sp³-hybridized carbons (Fsp3) is 0.250. The second-order valence-corrected chi connectivity index (χ2v) is 7.80. The largest absolute Gasteiger partial charge is 0.467 e. The first kappa shape index (κ1) is 18.8. The van der Waals surface area contributed by atoms with Gasteiger partial charge in [-0.25, -0.2) is 9.99 Å². The quantitative estimate of drug-likeness (QED) is 0.548. The average molecular weight is 416 g/mol. The number of halogens is 1. The molecule has 0 N–H and O–H groups in total. The van der Waals surface area contributed by atoms with Gasteiger partial charge in [0.05, 0.1) is 23.4 Å². The first-order valence-corrected chi connectivity index (χ1v) is 10.1. The molecule has 28 heavy (non-hydrogen) atoms. The highest BCUT2D eigenvalue weighted by Crippen LogP contribution is 2.34. The molecular weight excluding hydrogens is 398 g/mol. The predicted octanol–water partition coefficient (Wildman–Crippen LogP) is 5.01. The molecule has 0 radical (unpaired) electrons. The van der Waals surface area contributed by atoms with Crippen LogP contribution in [0, 0.1) is 13.8 Å². The number of aromatic nitrogens is 1. The number of aryl methyl sites for hydroxylation is 2. The standard InChI is InChI=1S/C20H18ClN3O3S/c1-12-13(2)27-20(22-12)28-11-19(25)24-17(18-4-3-9-26-18)10-16(23-24)14-5-7-15(21)8-6-14/h3-9,17H,10-11H2,1-2H3. The molecular formula is C20H18ClN3O3S. The van der Waals surface area contributed by atoms with E-state index < -0.39 is 0 Å². The van der Waals surface area contributed by atoms with Crippen LogP contribution < -0.4 is 0 Å². The van der Waals surface area contributed by atoms with Crippen LogP contribution in [0.25, 0.3) is 0 Å². The molecule has 4 rings (SSSR count). The summed E-state index contributed by atoms with van der Waals surface area (Å²) in [5.74, 6) is 1.50. The van der Waals surface area contributed by atoms with Gasteiger partial charge in [-0.1, -0.05) is 35.5 Å². The molecule has 6 nitrogen and oxygen atoms in total.